The van der Waals surface area contributed by atoms with Gasteiger partial charge in [0.15, 0.2) is 5.60 Å². The van der Waals surface area contributed by atoms with Gasteiger partial charge in [-0.05, 0) is 48.9 Å². The molecule has 3 heteroatoms. The van der Waals surface area contributed by atoms with E-state index in [1.165, 1.54) is 0 Å². The quantitative estimate of drug-likeness (QED) is 0.801. The lowest BCUT2D eigenvalue weighted by Gasteiger charge is -2.44. The van der Waals surface area contributed by atoms with Crippen molar-refractivity contribution in [1.82, 2.24) is 0 Å². The molecule has 1 unspecified atom stereocenters. The molecular formula is C16H30O3. The van der Waals surface area contributed by atoms with Gasteiger partial charge >= 0.3 is 5.97 Å². The van der Waals surface area contributed by atoms with Gasteiger partial charge in [0.25, 0.3) is 0 Å². The predicted molar refractivity (Wildman–Crippen MR) is 76.9 cm³/mol. The summed E-state index contributed by atoms with van der Waals surface area (Å²) in [4.78, 5) is 11.4. The maximum Gasteiger partial charge on any atom is 0.336 e. The van der Waals surface area contributed by atoms with Crippen LogP contribution in [0.4, 0.5) is 0 Å². The number of carbonyl (C=O) groups is 1. The van der Waals surface area contributed by atoms with Crippen molar-refractivity contribution >= 4 is 5.97 Å². The molecular weight excluding hydrogens is 240 g/mol. The second-order valence-corrected chi connectivity index (χ2v) is 7.18. The van der Waals surface area contributed by atoms with Crippen LogP contribution in [0.2, 0.25) is 0 Å². The molecule has 0 amide bonds. The van der Waals surface area contributed by atoms with Crippen molar-refractivity contribution in [2.24, 2.45) is 23.2 Å². The average Bonchev–Trinajstić information content (AvgIpc) is 2.37. The largest absolute Gasteiger partial charge is 0.479 e. The minimum absolute atomic E-state index is 0.103. The standard InChI is InChI=1S/C16H30O3/c1-6-15(4,5)12-7-9-13(10-8-12)16(19,11(2)3)14(17)18/h11-13,19H,6-10H2,1-5H3,(H,17,18). The van der Waals surface area contributed by atoms with E-state index in [9.17, 15) is 15.0 Å². The monoisotopic (exact) mass is 270 g/mol. The first kappa shape index (κ1) is 16.5. The molecule has 0 aromatic carbocycles. The van der Waals surface area contributed by atoms with Gasteiger partial charge in [-0.1, -0.05) is 41.0 Å². The van der Waals surface area contributed by atoms with Gasteiger partial charge in [-0.3, -0.25) is 0 Å². The van der Waals surface area contributed by atoms with E-state index in [2.05, 4.69) is 20.8 Å². The summed E-state index contributed by atoms with van der Waals surface area (Å²) in [5.41, 5.74) is -1.23. The number of hydrogen-bond acceptors (Lipinski definition) is 2. The predicted octanol–water partition coefficient (Wildman–Crippen LogP) is 3.70. The average molecular weight is 270 g/mol. The lowest BCUT2D eigenvalue weighted by molar-refractivity contribution is -0.174. The van der Waals surface area contributed by atoms with Crippen LogP contribution in [0.3, 0.4) is 0 Å². The number of carboxylic acid groups (broad SMARTS) is 1. The molecule has 1 saturated carbocycles. The highest BCUT2D eigenvalue weighted by Crippen LogP contribution is 2.46. The molecule has 1 aliphatic carbocycles. The van der Waals surface area contributed by atoms with Gasteiger partial charge in [0.05, 0.1) is 0 Å². The number of carboxylic acids is 1. The fourth-order valence-electron chi connectivity index (χ4n) is 3.50. The van der Waals surface area contributed by atoms with E-state index in [1.807, 2.05) is 0 Å². The molecule has 112 valence electrons. The molecule has 1 rings (SSSR count). The Morgan fingerprint density at radius 3 is 1.89 bits per heavy atom. The Bertz CT molecular complexity index is 314. The molecule has 0 aliphatic heterocycles. The Morgan fingerprint density at radius 1 is 1.16 bits per heavy atom. The fourth-order valence-corrected chi connectivity index (χ4v) is 3.50. The van der Waals surface area contributed by atoms with E-state index in [1.54, 1.807) is 13.8 Å². The van der Waals surface area contributed by atoms with Gasteiger partial charge < -0.3 is 10.2 Å². The maximum absolute atomic E-state index is 11.4. The first-order valence-electron chi connectivity index (χ1n) is 7.62. The van der Waals surface area contributed by atoms with Crippen molar-refractivity contribution in [3.05, 3.63) is 0 Å². The van der Waals surface area contributed by atoms with Gasteiger partial charge in [-0.2, -0.15) is 0 Å². The number of rotatable bonds is 5. The zero-order valence-electron chi connectivity index (χ0n) is 13.1. The van der Waals surface area contributed by atoms with Crippen molar-refractivity contribution in [2.45, 2.75) is 72.3 Å². The second-order valence-electron chi connectivity index (χ2n) is 7.18. The van der Waals surface area contributed by atoms with Crippen molar-refractivity contribution in [3.8, 4) is 0 Å². The normalized spacial score (nSPS) is 28.2. The summed E-state index contributed by atoms with van der Waals surface area (Å²) in [7, 11) is 0. The van der Waals surface area contributed by atoms with Crippen LogP contribution in [0.25, 0.3) is 0 Å². The molecule has 0 radical (unpaired) electrons. The third-order valence-electron chi connectivity index (χ3n) is 5.59. The highest BCUT2D eigenvalue weighted by atomic mass is 16.4. The lowest BCUT2D eigenvalue weighted by atomic mass is 9.63. The number of aliphatic hydroxyl groups is 1. The molecule has 0 spiro atoms. The van der Waals surface area contributed by atoms with E-state index >= 15 is 0 Å². The summed E-state index contributed by atoms with van der Waals surface area (Å²) in [5, 5.41) is 19.9. The van der Waals surface area contributed by atoms with Gasteiger partial charge in [0.1, 0.15) is 0 Å². The summed E-state index contributed by atoms with van der Waals surface area (Å²) in [6.45, 7) is 10.4. The van der Waals surface area contributed by atoms with Crippen LogP contribution in [0.5, 0.6) is 0 Å². The zero-order valence-corrected chi connectivity index (χ0v) is 13.1. The molecule has 0 aromatic rings. The van der Waals surface area contributed by atoms with E-state index in [-0.39, 0.29) is 11.8 Å². The van der Waals surface area contributed by atoms with Crippen LogP contribution in [0.1, 0.15) is 66.7 Å². The Balaban J connectivity index is 2.75. The van der Waals surface area contributed by atoms with E-state index < -0.39 is 11.6 Å². The van der Waals surface area contributed by atoms with Crippen LogP contribution in [0, 0.1) is 23.2 Å². The van der Waals surface area contributed by atoms with Crippen molar-refractivity contribution < 1.29 is 15.0 Å². The van der Waals surface area contributed by atoms with Crippen LogP contribution in [-0.4, -0.2) is 21.8 Å². The van der Waals surface area contributed by atoms with Crippen molar-refractivity contribution in [3.63, 3.8) is 0 Å². The third-order valence-corrected chi connectivity index (χ3v) is 5.59. The molecule has 0 heterocycles. The summed E-state index contributed by atoms with van der Waals surface area (Å²) in [5.74, 6) is -0.751. The summed E-state index contributed by atoms with van der Waals surface area (Å²) in [6, 6.07) is 0. The Morgan fingerprint density at radius 2 is 1.58 bits per heavy atom. The van der Waals surface area contributed by atoms with Crippen molar-refractivity contribution in [2.75, 3.05) is 0 Å². The molecule has 3 nitrogen and oxygen atoms in total. The molecule has 0 saturated heterocycles. The van der Waals surface area contributed by atoms with Crippen molar-refractivity contribution in [1.29, 1.82) is 0 Å². The minimum Gasteiger partial charge on any atom is -0.479 e. The summed E-state index contributed by atoms with van der Waals surface area (Å²) in [6.07, 6.45) is 4.88. The smallest absolute Gasteiger partial charge is 0.336 e. The summed E-state index contributed by atoms with van der Waals surface area (Å²) >= 11 is 0. The minimum atomic E-state index is -1.55. The molecule has 2 N–H and O–H groups in total. The first-order chi connectivity index (χ1) is 8.66. The van der Waals surface area contributed by atoms with Gasteiger partial charge in [0, 0.05) is 0 Å². The molecule has 1 aliphatic rings. The highest BCUT2D eigenvalue weighted by molar-refractivity contribution is 5.78. The second kappa shape index (κ2) is 5.82. The first-order valence-corrected chi connectivity index (χ1v) is 7.62. The van der Waals surface area contributed by atoms with Crippen LogP contribution in [-0.2, 0) is 4.79 Å². The van der Waals surface area contributed by atoms with Gasteiger partial charge in [-0.15, -0.1) is 0 Å². The third kappa shape index (κ3) is 3.13. The summed E-state index contributed by atoms with van der Waals surface area (Å²) < 4.78 is 0. The van der Waals surface area contributed by atoms with Gasteiger partial charge in [0.2, 0.25) is 0 Å². The topological polar surface area (TPSA) is 57.5 Å². The molecule has 1 fully saturated rings. The molecule has 1 atom stereocenters. The Hall–Kier alpha value is -0.570. The Kier molecular flexibility index (Phi) is 5.05. The maximum atomic E-state index is 11.4. The molecule has 0 bridgehead atoms. The van der Waals surface area contributed by atoms with E-state index in [0.717, 1.165) is 32.1 Å². The van der Waals surface area contributed by atoms with Crippen LogP contribution in [0.15, 0.2) is 0 Å². The lowest BCUT2D eigenvalue weighted by Crippen LogP contribution is -2.51. The number of hydrogen-bond donors (Lipinski definition) is 2. The molecule has 0 aromatic heterocycles. The van der Waals surface area contributed by atoms with Crippen LogP contribution >= 0.6 is 0 Å². The Labute approximate surface area is 117 Å². The fraction of sp³-hybridized carbons (Fsp3) is 0.938. The molecule has 19 heavy (non-hydrogen) atoms. The zero-order chi connectivity index (χ0) is 14.8. The SMILES string of the molecule is CCC(C)(C)C1CCC(C(O)(C(=O)O)C(C)C)CC1. The number of aliphatic carboxylic acids is 1. The van der Waals surface area contributed by atoms with Crippen LogP contribution < -0.4 is 0 Å². The van der Waals surface area contributed by atoms with Gasteiger partial charge in [-0.25, -0.2) is 4.79 Å². The highest BCUT2D eigenvalue weighted by Gasteiger charge is 2.48. The van der Waals surface area contributed by atoms with E-state index in [0.29, 0.717) is 11.3 Å². The van der Waals surface area contributed by atoms with E-state index in [4.69, 9.17) is 0 Å².